The van der Waals surface area contributed by atoms with E-state index in [2.05, 4.69) is 0 Å². The van der Waals surface area contributed by atoms with E-state index in [-0.39, 0.29) is 16.7 Å². The molecule has 0 heterocycles. The van der Waals surface area contributed by atoms with Gasteiger partial charge in [-0.2, -0.15) is 0 Å². The summed E-state index contributed by atoms with van der Waals surface area (Å²) in [5, 5.41) is 0. The van der Waals surface area contributed by atoms with Crippen molar-refractivity contribution in [3.63, 3.8) is 0 Å². The van der Waals surface area contributed by atoms with E-state index in [4.69, 9.17) is 0 Å². The van der Waals surface area contributed by atoms with Crippen LogP contribution >= 0.6 is 7.26 Å². The van der Waals surface area contributed by atoms with Gasteiger partial charge in [-0.15, -0.1) is 0 Å². The van der Waals surface area contributed by atoms with Gasteiger partial charge in [-0.25, -0.2) is 0 Å². The number of benzene rings is 1. The molecule has 18 heavy (non-hydrogen) atoms. The molecule has 1 aromatic rings. The molecule has 0 fully saturated rings. The SMILES string of the molecule is CC(C)(C)C(=O)c1ccc(C(=O)[PH](C)(C)C)cc1. The van der Waals surface area contributed by atoms with Crippen LogP contribution in [0.4, 0.5) is 0 Å². The number of carbonyl (C=O) groups excluding carboxylic acids is 2. The molecule has 0 saturated heterocycles. The van der Waals surface area contributed by atoms with Crippen molar-refractivity contribution < 1.29 is 9.59 Å². The molecule has 0 aliphatic carbocycles. The third kappa shape index (κ3) is 3.49. The molecule has 0 aromatic heterocycles. The summed E-state index contributed by atoms with van der Waals surface area (Å²) in [7, 11) is -1.81. The van der Waals surface area contributed by atoms with E-state index in [1.165, 1.54) is 0 Å². The van der Waals surface area contributed by atoms with Crippen LogP contribution in [0.25, 0.3) is 0 Å². The molecular formula is C15H23O2P. The van der Waals surface area contributed by atoms with Gasteiger partial charge in [-0.3, -0.25) is 0 Å². The zero-order valence-corrected chi connectivity index (χ0v) is 13.1. The van der Waals surface area contributed by atoms with Gasteiger partial charge in [-0.1, -0.05) is 0 Å². The van der Waals surface area contributed by atoms with Crippen LogP contribution < -0.4 is 0 Å². The summed E-state index contributed by atoms with van der Waals surface area (Å²) in [5.74, 6) is 0.106. The molecule has 0 aliphatic heterocycles. The van der Waals surface area contributed by atoms with E-state index in [9.17, 15) is 9.59 Å². The van der Waals surface area contributed by atoms with E-state index >= 15 is 0 Å². The van der Waals surface area contributed by atoms with Gasteiger partial charge >= 0.3 is 110 Å². The van der Waals surface area contributed by atoms with E-state index < -0.39 is 7.26 Å². The third-order valence-electron chi connectivity index (χ3n) is 2.77. The average Bonchev–Trinajstić information content (AvgIpc) is 2.25. The van der Waals surface area contributed by atoms with Crippen molar-refractivity contribution in [3.8, 4) is 0 Å². The van der Waals surface area contributed by atoms with Gasteiger partial charge in [0, 0.05) is 0 Å². The first-order chi connectivity index (χ1) is 8.03. The normalized spacial score (nSPS) is 13.2. The molecule has 0 radical (unpaired) electrons. The second-order valence-electron chi connectivity index (χ2n) is 6.74. The van der Waals surface area contributed by atoms with Crippen LogP contribution in [0.15, 0.2) is 24.3 Å². The Kier molecular flexibility index (Phi) is 4.12. The second-order valence-corrected chi connectivity index (χ2v) is 11.7. The maximum absolute atomic E-state index is 12.1. The van der Waals surface area contributed by atoms with Gasteiger partial charge in [0.25, 0.3) is 0 Å². The molecule has 0 spiro atoms. The molecule has 1 aromatic carbocycles. The van der Waals surface area contributed by atoms with Crippen LogP contribution in [0.1, 0.15) is 41.5 Å². The minimum absolute atomic E-state index is 0.106. The molecule has 2 nitrogen and oxygen atoms in total. The second kappa shape index (κ2) is 4.93. The van der Waals surface area contributed by atoms with Crippen molar-refractivity contribution in [1.29, 1.82) is 0 Å². The number of Topliss-reactive ketones (excluding diaryl/α,β-unsaturated/α-hetero) is 1. The molecule has 0 atom stereocenters. The van der Waals surface area contributed by atoms with Crippen LogP contribution in [-0.4, -0.2) is 31.3 Å². The van der Waals surface area contributed by atoms with Gasteiger partial charge in [-0.05, 0) is 0 Å². The average molecular weight is 266 g/mol. The quantitative estimate of drug-likeness (QED) is 0.617. The Hall–Kier alpha value is -1.01. The summed E-state index contributed by atoms with van der Waals surface area (Å²) in [4.78, 5) is 24.2. The molecule has 1 rings (SSSR count). The van der Waals surface area contributed by atoms with Crippen LogP contribution in [0, 0.1) is 5.41 Å². The summed E-state index contributed by atoms with van der Waals surface area (Å²) in [6, 6.07) is 7.08. The fourth-order valence-corrected chi connectivity index (χ4v) is 2.67. The van der Waals surface area contributed by atoms with Crippen molar-refractivity contribution in [2.45, 2.75) is 20.8 Å². The maximum atomic E-state index is 12.1. The molecule has 0 saturated carbocycles. The monoisotopic (exact) mass is 266 g/mol. The van der Waals surface area contributed by atoms with Crippen LogP contribution in [-0.2, 0) is 0 Å². The first-order valence-electron chi connectivity index (χ1n) is 6.23. The number of ketones is 1. The van der Waals surface area contributed by atoms with Crippen molar-refractivity contribution in [3.05, 3.63) is 35.4 Å². The van der Waals surface area contributed by atoms with Gasteiger partial charge in [0.2, 0.25) is 0 Å². The van der Waals surface area contributed by atoms with Crippen LogP contribution in [0.2, 0.25) is 0 Å². The van der Waals surface area contributed by atoms with E-state index in [1.54, 1.807) is 24.3 Å². The van der Waals surface area contributed by atoms with Crippen molar-refractivity contribution in [1.82, 2.24) is 0 Å². The summed E-state index contributed by atoms with van der Waals surface area (Å²) in [5.41, 5.74) is 1.25. The number of rotatable bonds is 3. The zero-order valence-electron chi connectivity index (χ0n) is 12.1. The fraction of sp³-hybridized carbons (Fsp3) is 0.467. The summed E-state index contributed by atoms with van der Waals surface area (Å²) in [6.07, 6.45) is 0. The Morgan fingerprint density at radius 2 is 1.28 bits per heavy atom. The predicted molar refractivity (Wildman–Crippen MR) is 80.6 cm³/mol. The van der Waals surface area contributed by atoms with Gasteiger partial charge in [0.15, 0.2) is 0 Å². The molecule has 0 N–H and O–H groups in total. The molecule has 0 unspecified atom stereocenters. The summed E-state index contributed by atoms with van der Waals surface area (Å²) < 4.78 is 0. The van der Waals surface area contributed by atoms with Crippen molar-refractivity contribution >= 4 is 18.6 Å². The van der Waals surface area contributed by atoms with Crippen molar-refractivity contribution in [2.75, 3.05) is 20.0 Å². The standard InChI is InChI=1S/C15H23O2P/c1-15(2,3)13(16)11-7-9-12(10-8-11)14(17)18(4,5)6/h7-10,18H,1-6H3. The molecule has 0 aliphatic rings. The Morgan fingerprint density at radius 1 is 0.889 bits per heavy atom. The minimum atomic E-state index is -1.81. The number of hydrogen-bond acceptors (Lipinski definition) is 2. The Morgan fingerprint density at radius 3 is 1.61 bits per heavy atom. The number of carbonyl (C=O) groups is 2. The Balaban J connectivity index is 3.01. The molecule has 100 valence electrons. The molecule has 0 amide bonds. The van der Waals surface area contributed by atoms with Crippen LogP contribution in [0.5, 0.6) is 0 Å². The summed E-state index contributed by atoms with van der Waals surface area (Å²) >= 11 is 0. The van der Waals surface area contributed by atoms with E-state index in [0.717, 1.165) is 5.56 Å². The van der Waals surface area contributed by atoms with Crippen LogP contribution in [0.3, 0.4) is 0 Å². The fourth-order valence-electron chi connectivity index (χ4n) is 1.64. The number of hydrogen-bond donors (Lipinski definition) is 0. The molecule has 0 bridgehead atoms. The first-order valence-corrected chi connectivity index (χ1v) is 9.73. The van der Waals surface area contributed by atoms with Crippen molar-refractivity contribution in [2.24, 2.45) is 5.41 Å². The molecule has 3 heteroatoms. The molecular weight excluding hydrogens is 243 g/mol. The first kappa shape index (κ1) is 15.0. The van der Waals surface area contributed by atoms with Gasteiger partial charge < -0.3 is 0 Å². The third-order valence-corrected chi connectivity index (χ3v) is 4.42. The Bertz CT molecular complexity index is 414. The van der Waals surface area contributed by atoms with E-state index in [0.29, 0.717) is 5.56 Å². The zero-order chi connectivity index (χ0) is 14.1. The van der Waals surface area contributed by atoms with E-state index in [1.807, 2.05) is 40.8 Å². The predicted octanol–water partition coefficient (Wildman–Crippen LogP) is 3.69. The van der Waals surface area contributed by atoms with Gasteiger partial charge in [0.1, 0.15) is 0 Å². The summed E-state index contributed by atoms with van der Waals surface area (Å²) in [6.45, 7) is 11.8. The Labute approximate surface area is 110 Å². The topological polar surface area (TPSA) is 34.1 Å². The van der Waals surface area contributed by atoms with Gasteiger partial charge in [0.05, 0.1) is 0 Å².